The largest absolute Gasteiger partial charge is 0.497 e. The quantitative estimate of drug-likeness (QED) is 0.914. The van der Waals surface area contributed by atoms with E-state index < -0.39 is 6.10 Å². The Hall–Kier alpha value is -2.24. The molecule has 3 rings (SSSR count). The first-order valence-corrected chi connectivity index (χ1v) is 7.93. The molecule has 1 aliphatic heterocycles. The highest BCUT2D eigenvalue weighted by Crippen LogP contribution is 2.39. The van der Waals surface area contributed by atoms with Crippen molar-refractivity contribution in [1.29, 1.82) is 0 Å². The van der Waals surface area contributed by atoms with E-state index in [1.165, 1.54) is 0 Å². The van der Waals surface area contributed by atoms with Crippen molar-refractivity contribution in [3.05, 3.63) is 53.1 Å². The van der Waals surface area contributed by atoms with Crippen LogP contribution in [0.25, 0.3) is 0 Å². The Kier molecular flexibility index (Phi) is 4.92. The molecule has 0 unspecified atom stereocenters. The van der Waals surface area contributed by atoms with Crippen LogP contribution < -0.4 is 14.2 Å². The molecule has 0 fully saturated rings. The number of ether oxygens (including phenoxy) is 3. The van der Waals surface area contributed by atoms with Crippen LogP contribution in [0.1, 0.15) is 22.8 Å². The molecule has 0 bridgehead atoms. The first-order chi connectivity index (χ1) is 11.7. The van der Waals surface area contributed by atoms with Crippen molar-refractivity contribution in [2.75, 3.05) is 27.9 Å². The molecule has 0 radical (unpaired) electrons. The molecule has 0 saturated heterocycles. The molecule has 1 atom stereocenters. The minimum Gasteiger partial charge on any atom is -0.497 e. The summed E-state index contributed by atoms with van der Waals surface area (Å²) in [4.78, 5) is 2.20. The van der Waals surface area contributed by atoms with E-state index in [1.54, 1.807) is 21.3 Å². The van der Waals surface area contributed by atoms with E-state index in [1.807, 2.05) is 30.3 Å². The standard InChI is InChI=1S/C19H23NO4/c1-22-14-6-4-5-13(9-14)10-20-11-15-17(23-2)7-8-18(24-3)19(15)16(21)12-20/h4-9,16,21H,10-12H2,1-3H3/t16-/m1/s1. The van der Waals surface area contributed by atoms with Gasteiger partial charge in [-0.3, -0.25) is 4.90 Å². The normalized spacial score (nSPS) is 17.2. The molecule has 1 heterocycles. The molecule has 0 amide bonds. The molecule has 0 aliphatic carbocycles. The van der Waals surface area contributed by atoms with E-state index in [0.717, 1.165) is 34.7 Å². The fourth-order valence-electron chi connectivity index (χ4n) is 3.29. The van der Waals surface area contributed by atoms with Crippen molar-refractivity contribution in [2.45, 2.75) is 19.2 Å². The molecule has 24 heavy (non-hydrogen) atoms. The van der Waals surface area contributed by atoms with Gasteiger partial charge in [-0.15, -0.1) is 0 Å². The van der Waals surface area contributed by atoms with Gasteiger partial charge in [0.1, 0.15) is 17.2 Å². The second-order valence-corrected chi connectivity index (χ2v) is 5.90. The van der Waals surface area contributed by atoms with E-state index in [2.05, 4.69) is 11.0 Å². The van der Waals surface area contributed by atoms with Gasteiger partial charge < -0.3 is 19.3 Å². The van der Waals surface area contributed by atoms with Gasteiger partial charge in [-0.25, -0.2) is 0 Å². The second kappa shape index (κ2) is 7.11. The van der Waals surface area contributed by atoms with Gasteiger partial charge in [-0.1, -0.05) is 12.1 Å². The molecule has 0 spiro atoms. The molecule has 128 valence electrons. The summed E-state index contributed by atoms with van der Waals surface area (Å²) >= 11 is 0. The molecular formula is C19H23NO4. The number of benzene rings is 2. The Labute approximate surface area is 142 Å². The predicted molar refractivity (Wildman–Crippen MR) is 91.6 cm³/mol. The third kappa shape index (κ3) is 3.18. The van der Waals surface area contributed by atoms with Gasteiger partial charge in [0.25, 0.3) is 0 Å². The highest BCUT2D eigenvalue weighted by Gasteiger charge is 2.29. The van der Waals surface area contributed by atoms with Crippen LogP contribution in [-0.4, -0.2) is 37.9 Å². The van der Waals surface area contributed by atoms with Crippen LogP contribution in [0.15, 0.2) is 36.4 Å². The summed E-state index contributed by atoms with van der Waals surface area (Å²) in [6, 6.07) is 11.7. The summed E-state index contributed by atoms with van der Waals surface area (Å²) < 4.78 is 16.2. The summed E-state index contributed by atoms with van der Waals surface area (Å²) in [5, 5.41) is 10.6. The Morgan fingerprint density at radius 1 is 1.04 bits per heavy atom. The maximum absolute atomic E-state index is 10.6. The van der Waals surface area contributed by atoms with E-state index >= 15 is 0 Å². The SMILES string of the molecule is COc1cccc(CN2Cc3c(OC)ccc(OC)c3[C@H](O)C2)c1. The summed E-state index contributed by atoms with van der Waals surface area (Å²) in [6.07, 6.45) is -0.607. The first-order valence-electron chi connectivity index (χ1n) is 7.93. The second-order valence-electron chi connectivity index (χ2n) is 5.90. The number of hydrogen-bond donors (Lipinski definition) is 1. The topological polar surface area (TPSA) is 51.2 Å². The Morgan fingerprint density at radius 2 is 1.79 bits per heavy atom. The minimum absolute atomic E-state index is 0.549. The molecule has 0 saturated carbocycles. The number of β-amino-alcohol motifs (C(OH)–C–C–N with tert-alkyl or cyclic N) is 1. The lowest BCUT2D eigenvalue weighted by Gasteiger charge is -2.34. The summed E-state index contributed by atoms with van der Waals surface area (Å²) in [5.41, 5.74) is 2.96. The zero-order valence-electron chi connectivity index (χ0n) is 14.3. The molecule has 5 nitrogen and oxygen atoms in total. The maximum Gasteiger partial charge on any atom is 0.125 e. The molecule has 0 aromatic heterocycles. The molecule has 1 aliphatic rings. The smallest absolute Gasteiger partial charge is 0.125 e. The van der Waals surface area contributed by atoms with E-state index in [0.29, 0.717) is 18.8 Å². The fraction of sp³-hybridized carbons (Fsp3) is 0.368. The van der Waals surface area contributed by atoms with E-state index in [-0.39, 0.29) is 0 Å². The zero-order valence-corrected chi connectivity index (χ0v) is 14.3. The predicted octanol–water partition coefficient (Wildman–Crippen LogP) is 2.76. The van der Waals surface area contributed by atoms with Crippen LogP contribution in [-0.2, 0) is 13.1 Å². The molecular weight excluding hydrogens is 306 g/mol. The Bertz CT molecular complexity index is 717. The monoisotopic (exact) mass is 329 g/mol. The van der Waals surface area contributed by atoms with Crippen LogP contribution in [0.4, 0.5) is 0 Å². The van der Waals surface area contributed by atoms with Crippen LogP contribution >= 0.6 is 0 Å². The van der Waals surface area contributed by atoms with Gasteiger partial charge in [0.2, 0.25) is 0 Å². The number of hydrogen-bond acceptors (Lipinski definition) is 5. The fourth-order valence-corrected chi connectivity index (χ4v) is 3.29. The van der Waals surface area contributed by atoms with Crippen LogP contribution in [0.5, 0.6) is 17.2 Å². The zero-order chi connectivity index (χ0) is 17.1. The van der Waals surface area contributed by atoms with Crippen LogP contribution in [0.2, 0.25) is 0 Å². The lowest BCUT2D eigenvalue weighted by Crippen LogP contribution is -2.33. The maximum atomic E-state index is 10.6. The number of fused-ring (bicyclic) bond motifs is 1. The van der Waals surface area contributed by atoms with Crippen molar-refractivity contribution in [2.24, 2.45) is 0 Å². The molecule has 2 aromatic carbocycles. The number of aliphatic hydroxyl groups excluding tert-OH is 1. The number of aliphatic hydroxyl groups is 1. The Balaban J connectivity index is 1.88. The van der Waals surface area contributed by atoms with E-state index in [9.17, 15) is 5.11 Å². The lowest BCUT2D eigenvalue weighted by atomic mass is 9.95. The lowest BCUT2D eigenvalue weighted by molar-refractivity contribution is 0.0843. The van der Waals surface area contributed by atoms with Gasteiger partial charge in [0.15, 0.2) is 0 Å². The Morgan fingerprint density at radius 3 is 2.50 bits per heavy atom. The third-order valence-corrected chi connectivity index (χ3v) is 4.40. The van der Waals surface area contributed by atoms with Gasteiger partial charge in [-0.05, 0) is 29.8 Å². The number of methoxy groups -OCH3 is 3. The third-order valence-electron chi connectivity index (χ3n) is 4.40. The molecule has 5 heteroatoms. The summed E-state index contributed by atoms with van der Waals surface area (Å²) in [6.45, 7) is 1.98. The molecule has 2 aromatic rings. The summed E-state index contributed by atoms with van der Waals surface area (Å²) in [5.74, 6) is 2.32. The van der Waals surface area contributed by atoms with Crippen molar-refractivity contribution in [1.82, 2.24) is 4.90 Å². The highest BCUT2D eigenvalue weighted by molar-refractivity contribution is 5.51. The van der Waals surface area contributed by atoms with Crippen LogP contribution in [0.3, 0.4) is 0 Å². The highest BCUT2D eigenvalue weighted by atomic mass is 16.5. The minimum atomic E-state index is -0.607. The van der Waals surface area contributed by atoms with Crippen molar-refractivity contribution >= 4 is 0 Å². The average Bonchev–Trinajstić information content (AvgIpc) is 2.60. The van der Waals surface area contributed by atoms with Gasteiger partial charge in [0, 0.05) is 30.8 Å². The van der Waals surface area contributed by atoms with Crippen molar-refractivity contribution < 1.29 is 19.3 Å². The van der Waals surface area contributed by atoms with Crippen molar-refractivity contribution in [3.63, 3.8) is 0 Å². The molecule has 1 N–H and O–H groups in total. The number of nitrogens with zero attached hydrogens (tertiary/aromatic N) is 1. The van der Waals surface area contributed by atoms with Gasteiger partial charge in [0.05, 0.1) is 27.4 Å². The van der Waals surface area contributed by atoms with Crippen LogP contribution in [0, 0.1) is 0 Å². The summed E-state index contributed by atoms with van der Waals surface area (Å²) in [7, 11) is 4.93. The van der Waals surface area contributed by atoms with E-state index in [4.69, 9.17) is 14.2 Å². The van der Waals surface area contributed by atoms with Gasteiger partial charge >= 0.3 is 0 Å². The van der Waals surface area contributed by atoms with Gasteiger partial charge in [-0.2, -0.15) is 0 Å². The number of rotatable bonds is 5. The first kappa shape index (κ1) is 16.6. The van der Waals surface area contributed by atoms with Crippen molar-refractivity contribution in [3.8, 4) is 17.2 Å². The average molecular weight is 329 g/mol.